The molecule has 0 saturated heterocycles. The molecule has 3 heteroatoms. The van der Waals surface area contributed by atoms with Crippen molar-refractivity contribution in [3.05, 3.63) is 51.8 Å². The number of nitrogens with two attached hydrogens (primary N) is 1. The largest absolute Gasteiger partial charge is 0.326 e. The highest BCUT2D eigenvalue weighted by Crippen LogP contribution is 2.26. The van der Waals surface area contributed by atoms with Crippen molar-refractivity contribution in [1.82, 2.24) is 4.57 Å². The number of benzene rings is 1. The third-order valence-corrected chi connectivity index (χ3v) is 3.52. The molecule has 0 unspecified atom stereocenters. The monoisotopic (exact) mass is 278 g/mol. The number of aromatic nitrogens is 1. The van der Waals surface area contributed by atoms with Gasteiger partial charge in [0.1, 0.15) is 0 Å². The highest BCUT2D eigenvalue weighted by Gasteiger charge is 2.10. The minimum atomic E-state index is 0.587. The van der Waals surface area contributed by atoms with Crippen LogP contribution in [0.15, 0.2) is 34.8 Å². The van der Waals surface area contributed by atoms with Gasteiger partial charge in [-0.2, -0.15) is 0 Å². The second-order valence-corrected chi connectivity index (χ2v) is 4.74. The van der Waals surface area contributed by atoms with Crippen LogP contribution >= 0.6 is 15.9 Å². The maximum atomic E-state index is 5.72. The molecular weight excluding hydrogens is 264 g/mol. The summed E-state index contributed by atoms with van der Waals surface area (Å²) < 4.78 is 3.33. The van der Waals surface area contributed by atoms with Crippen molar-refractivity contribution < 1.29 is 0 Å². The minimum Gasteiger partial charge on any atom is -0.326 e. The Kier molecular flexibility index (Phi) is 3.17. The smallest absolute Gasteiger partial charge is 0.0597 e. The zero-order valence-corrected chi connectivity index (χ0v) is 11.1. The van der Waals surface area contributed by atoms with Crippen molar-refractivity contribution in [3.8, 4) is 5.69 Å². The molecule has 0 bridgehead atoms. The molecule has 0 saturated carbocycles. The number of halogens is 1. The van der Waals surface area contributed by atoms with Crippen LogP contribution in [0.25, 0.3) is 5.69 Å². The lowest BCUT2D eigenvalue weighted by atomic mass is 10.2. The third-order valence-electron chi connectivity index (χ3n) is 2.85. The van der Waals surface area contributed by atoms with E-state index < -0.39 is 0 Å². The lowest BCUT2D eigenvalue weighted by molar-refractivity contribution is 0.939. The van der Waals surface area contributed by atoms with Crippen LogP contribution in [0.2, 0.25) is 0 Å². The summed E-state index contributed by atoms with van der Waals surface area (Å²) in [6.45, 7) is 4.80. The Bertz CT molecular complexity index is 515. The van der Waals surface area contributed by atoms with Gasteiger partial charge in [-0.1, -0.05) is 12.1 Å². The number of para-hydroxylation sites is 1. The van der Waals surface area contributed by atoms with Gasteiger partial charge in [0.2, 0.25) is 0 Å². The summed E-state index contributed by atoms with van der Waals surface area (Å²) in [5, 5.41) is 0. The second kappa shape index (κ2) is 4.44. The third kappa shape index (κ3) is 1.81. The van der Waals surface area contributed by atoms with E-state index in [9.17, 15) is 0 Å². The molecule has 0 fully saturated rings. The van der Waals surface area contributed by atoms with Crippen LogP contribution in [0.4, 0.5) is 0 Å². The van der Waals surface area contributed by atoms with Crippen molar-refractivity contribution >= 4 is 15.9 Å². The van der Waals surface area contributed by atoms with E-state index in [0.717, 1.165) is 10.2 Å². The summed E-state index contributed by atoms with van der Waals surface area (Å²) in [7, 11) is 0. The first-order chi connectivity index (χ1) is 7.65. The summed E-state index contributed by atoms with van der Waals surface area (Å²) in [6.07, 6.45) is 0. The van der Waals surface area contributed by atoms with Gasteiger partial charge in [-0.3, -0.25) is 0 Å². The maximum absolute atomic E-state index is 5.72. The van der Waals surface area contributed by atoms with Crippen molar-refractivity contribution in [2.45, 2.75) is 20.4 Å². The van der Waals surface area contributed by atoms with Crippen molar-refractivity contribution in [2.75, 3.05) is 0 Å². The summed E-state index contributed by atoms with van der Waals surface area (Å²) in [5.41, 5.74) is 10.5. The van der Waals surface area contributed by atoms with Gasteiger partial charge < -0.3 is 10.3 Å². The van der Waals surface area contributed by atoms with Gasteiger partial charge in [-0.25, -0.2) is 0 Å². The fourth-order valence-electron chi connectivity index (χ4n) is 2.04. The van der Waals surface area contributed by atoms with Crippen LogP contribution in [0.5, 0.6) is 0 Å². The second-order valence-electron chi connectivity index (χ2n) is 3.89. The van der Waals surface area contributed by atoms with E-state index in [1.165, 1.54) is 17.0 Å². The molecule has 0 spiro atoms. The predicted molar refractivity (Wildman–Crippen MR) is 70.8 cm³/mol. The minimum absolute atomic E-state index is 0.587. The normalized spacial score (nSPS) is 10.8. The first kappa shape index (κ1) is 11.4. The fourth-order valence-corrected chi connectivity index (χ4v) is 2.50. The average molecular weight is 279 g/mol. The van der Waals surface area contributed by atoms with E-state index in [-0.39, 0.29) is 0 Å². The molecule has 16 heavy (non-hydrogen) atoms. The van der Waals surface area contributed by atoms with Crippen LogP contribution in [0.1, 0.15) is 17.0 Å². The number of rotatable bonds is 2. The fraction of sp³-hybridized carbons (Fsp3) is 0.231. The van der Waals surface area contributed by atoms with Crippen molar-refractivity contribution in [3.63, 3.8) is 0 Å². The molecule has 1 aromatic carbocycles. The number of nitrogens with zero attached hydrogens (tertiary/aromatic N) is 1. The SMILES string of the molecule is Cc1cc(CN)c(C)n1-c1ccccc1Br. The molecule has 0 atom stereocenters. The zero-order valence-electron chi connectivity index (χ0n) is 9.50. The summed E-state index contributed by atoms with van der Waals surface area (Å²) in [5.74, 6) is 0. The topological polar surface area (TPSA) is 30.9 Å². The molecule has 0 aliphatic heterocycles. The van der Waals surface area contributed by atoms with E-state index in [1.54, 1.807) is 0 Å². The number of aryl methyl sites for hydroxylation is 1. The summed E-state index contributed by atoms with van der Waals surface area (Å²) in [6, 6.07) is 10.4. The number of hydrogen-bond acceptors (Lipinski definition) is 1. The molecular formula is C13H15BrN2. The van der Waals surface area contributed by atoms with E-state index in [1.807, 2.05) is 12.1 Å². The Labute approximate surface area is 104 Å². The molecule has 0 radical (unpaired) electrons. The molecule has 2 N–H and O–H groups in total. The van der Waals surface area contributed by atoms with Gasteiger partial charge in [-0.05, 0) is 53.5 Å². The quantitative estimate of drug-likeness (QED) is 0.898. The maximum Gasteiger partial charge on any atom is 0.0597 e. The molecule has 84 valence electrons. The van der Waals surface area contributed by atoms with Gasteiger partial charge in [0.05, 0.1) is 5.69 Å². The molecule has 2 nitrogen and oxygen atoms in total. The van der Waals surface area contributed by atoms with Gasteiger partial charge in [0.25, 0.3) is 0 Å². The summed E-state index contributed by atoms with van der Waals surface area (Å²) in [4.78, 5) is 0. The first-order valence-corrected chi connectivity index (χ1v) is 6.07. The van der Waals surface area contributed by atoms with Crippen molar-refractivity contribution in [2.24, 2.45) is 5.73 Å². The molecule has 0 aliphatic carbocycles. The van der Waals surface area contributed by atoms with E-state index in [0.29, 0.717) is 6.54 Å². The van der Waals surface area contributed by atoms with Crippen LogP contribution in [-0.2, 0) is 6.54 Å². The first-order valence-electron chi connectivity index (χ1n) is 5.28. The number of hydrogen-bond donors (Lipinski definition) is 1. The predicted octanol–water partition coefficient (Wildman–Crippen LogP) is 3.32. The van der Waals surface area contributed by atoms with Gasteiger partial charge in [0.15, 0.2) is 0 Å². The molecule has 1 aromatic heterocycles. The Balaban J connectivity index is 2.65. The van der Waals surface area contributed by atoms with Crippen LogP contribution < -0.4 is 5.73 Å². The zero-order chi connectivity index (χ0) is 11.7. The van der Waals surface area contributed by atoms with E-state index >= 15 is 0 Å². The van der Waals surface area contributed by atoms with E-state index in [2.05, 4.69) is 52.5 Å². The lowest BCUT2D eigenvalue weighted by Gasteiger charge is -2.11. The standard InChI is InChI=1S/C13H15BrN2/c1-9-7-11(8-15)10(2)16(9)13-6-4-3-5-12(13)14/h3-7H,8,15H2,1-2H3. The Morgan fingerprint density at radius 2 is 1.94 bits per heavy atom. The highest BCUT2D eigenvalue weighted by molar-refractivity contribution is 9.10. The Morgan fingerprint density at radius 1 is 1.25 bits per heavy atom. The molecule has 0 amide bonds. The van der Waals surface area contributed by atoms with Crippen molar-refractivity contribution in [1.29, 1.82) is 0 Å². The van der Waals surface area contributed by atoms with Gasteiger partial charge in [0, 0.05) is 22.4 Å². The lowest BCUT2D eigenvalue weighted by Crippen LogP contribution is -2.02. The molecule has 2 aromatic rings. The molecule has 0 aliphatic rings. The van der Waals surface area contributed by atoms with Gasteiger partial charge >= 0.3 is 0 Å². The molecule has 1 heterocycles. The van der Waals surface area contributed by atoms with E-state index in [4.69, 9.17) is 5.73 Å². The Hall–Kier alpha value is -1.06. The van der Waals surface area contributed by atoms with Crippen LogP contribution in [-0.4, -0.2) is 4.57 Å². The van der Waals surface area contributed by atoms with Gasteiger partial charge in [-0.15, -0.1) is 0 Å². The Morgan fingerprint density at radius 3 is 2.50 bits per heavy atom. The highest BCUT2D eigenvalue weighted by atomic mass is 79.9. The van der Waals surface area contributed by atoms with Crippen LogP contribution in [0, 0.1) is 13.8 Å². The average Bonchev–Trinajstić information content (AvgIpc) is 2.55. The summed E-state index contributed by atoms with van der Waals surface area (Å²) >= 11 is 3.58. The molecule has 2 rings (SSSR count). The van der Waals surface area contributed by atoms with Crippen LogP contribution in [0.3, 0.4) is 0 Å².